The Hall–Kier alpha value is -2.56. The Morgan fingerprint density at radius 2 is 1.82 bits per heavy atom. The number of hydrogen-bond donors (Lipinski definition) is 0. The van der Waals surface area contributed by atoms with Crippen molar-refractivity contribution < 1.29 is 9.05 Å². The smallest absolute Gasteiger partial charge is 0.282 e. The summed E-state index contributed by atoms with van der Waals surface area (Å²) in [6.07, 6.45) is 7.85. The molecule has 0 unspecified atom stereocenters. The molecule has 0 spiro atoms. The first-order valence-corrected chi connectivity index (χ1v) is 12.7. The van der Waals surface area contributed by atoms with E-state index >= 15 is 0 Å². The molecule has 0 bridgehead atoms. The molecule has 34 heavy (non-hydrogen) atoms. The molecule has 2 heterocycles. The van der Waals surface area contributed by atoms with Crippen molar-refractivity contribution in [2.75, 3.05) is 39.1 Å². The molecule has 1 aromatic heterocycles. The lowest BCUT2D eigenvalue weighted by molar-refractivity contribution is -0.890. The van der Waals surface area contributed by atoms with Crippen LogP contribution >= 0.6 is 11.6 Å². The summed E-state index contributed by atoms with van der Waals surface area (Å²) in [5.41, 5.74) is 6.34. The molecule has 0 amide bonds. The van der Waals surface area contributed by atoms with Gasteiger partial charge in [-0.25, -0.2) is 9.13 Å². The van der Waals surface area contributed by atoms with Gasteiger partial charge >= 0.3 is 0 Å². The highest BCUT2D eigenvalue weighted by atomic mass is 35.5. The van der Waals surface area contributed by atoms with Crippen LogP contribution in [0.2, 0.25) is 5.02 Å². The number of para-hydroxylation sites is 1. The van der Waals surface area contributed by atoms with Gasteiger partial charge in [-0.3, -0.25) is 0 Å². The van der Waals surface area contributed by atoms with Gasteiger partial charge in [0.05, 0.1) is 40.8 Å². The minimum Gasteiger partial charge on any atom is -0.347 e. The first-order valence-electron chi connectivity index (χ1n) is 12.3. The minimum atomic E-state index is -0.0260. The third-order valence-electron chi connectivity index (χ3n) is 7.65. The van der Waals surface area contributed by atoms with Gasteiger partial charge in [-0.15, -0.1) is 0 Å². The van der Waals surface area contributed by atoms with Crippen LogP contribution in [0, 0.1) is 0 Å². The molecular weight excluding hydrogens is 440 g/mol. The van der Waals surface area contributed by atoms with Crippen molar-refractivity contribution in [2.45, 2.75) is 39.2 Å². The van der Waals surface area contributed by atoms with Gasteiger partial charge in [0.2, 0.25) is 0 Å². The molecule has 1 aliphatic rings. The van der Waals surface area contributed by atoms with E-state index in [1.165, 1.54) is 28.3 Å². The van der Waals surface area contributed by atoms with Crippen LogP contribution in [-0.2, 0) is 19.0 Å². The molecule has 0 atom stereocenters. The van der Waals surface area contributed by atoms with E-state index in [9.17, 15) is 0 Å². The molecule has 1 aliphatic heterocycles. The fourth-order valence-electron chi connectivity index (χ4n) is 5.20. The lowest BCUT2D eigenvalue weighted by Crippen LogP contribution is -2.43. The van der Waals surface area contributed by atoms with Crippen molar-refractivity contribution in [3.63, 3.8) is 0 Å². The zero-order chi connectivity index (χ0) is 24.7. The van der Waals surface area contributed by atoms with E-state index in [4.69, 9.17) is 11.6 Å². The average molecular weight is 479 g/mol. The summed E-state index contributed by atoms with van der Waals surface area (Å²) in [5.74, 6) is 1.19. The lowest BCUT2D eigenvalue weighted by atomic mass is 9.84. The fraction of sp³-hybridized carbons (Fsp3) is 0.414. The maximum Gasteiger partial charge on any atom is 0.282 e. The zero-order valence-electron chi connectivity index (χ0n) is 21.8. The number of aromatic nitrogens is 2. The molecule has 4 nitrogen and oxygen atoms in total. The molecule has 0 radical (unpaired) electrons. The Morgan fingerprint density at radius 1 is 1.09 bits per heavy atom. The lowest BCUT2D eigenvalue weighted by Gasteiger charge is -2.27. The van der Waals surface area contributed by atoms with Crippen LogP contribution in [0.4, 0.5) is 5.69 Å². The van der Waals surface area contributed by atoms with Crippen LogP contribution in [0.15, 0.2) is 60.3 Å². The van der Waals surface area contributed by atoms with E-state index in [0.29, 0.717) is 0 Å². The van der Waals surface area contributed by atoms with Crippen molar-refractivity contribution >= 4 is 34.4 Å². The number of allylic oxidation sites excluding steroid dienone is 3. The normalized spacial score (nSPS) is 16.8. The number of quaternary nitrogens is 1. The quantitative estimate of drug-likeness (QED) is 0.302. The number of nitrogens with zero attached hydrogens (tertiary/aromatic N) is 4. The number of imidazole rings is 1. The summed E-state index contributed by atoms with van der Waals surface area (Å²) in [5, 5.41) is 0.772. The predicted octanol–water partition coefficient (Wildman–Crippen LogP) is 5.93. The van der Waals surface area contributed by atoms with Gasteiger partial charge in [-0.1, -0.05) is 49.7 Å². The SMILES string of the molecule is CC[N+](C)(C)CCC[n+]1c(C=CC=C2N(C)c3ccccc3C2(C)C)n(C)c2cc(Cl)ccc21. The Kier molecular flexibility index (Phi) is 6.67. The number of hydrogen-bond acceptors (Lipinski definition) is 1. The van der Waals surface area contributed by atoms with Crippen molar-refractivity contribution in [1.82, 2.24) is 4.57 Å². The molecule has 180 valence electrons. The van der Waals surface area contributed by atoms with Crippen molar-refractivity contribution in [3.05, 3.63) is 76.7 Å². The fourth-order valence-corrected chi connectivity index (χ4v) is 5.37. The number of rotatable bonds is 7. The van der Waals surface area contributed by atoms with Crippen LogP contribution in [0.3, 0.4) is 0 Å². The van der Waals surface area contributed by atoms with E-state index < -0.39 is 0 Å². The summed E-state index contributed by atoms with van der Waals surface area (Å²) in [4.78, 5) is 2.32. The van der Waals surface area contributed by atoms with Gasteiger partial charge in [-0.05, 0) is 36.8 Å². The highest BCUT2D eigenvalue weighted by Crippen LogP contribution is 2.46. The van der Waals surface area contributed by atoms with Gasteiger partial charge in [0.25, 0.3) is 5.82 Å². The topological polar surface area (TPSA) is 12.1 Å². The second-order valence-corrected chi connectivity index (χ2v) is 11.1. The van der Waals surface area contributed by atoms with E-state index in [0.717, 1.165) is 41.1 Å². The van der Waals surface area contributed by atoms with Crippen LogP contribution < -0.4 is 9.47 Å². The number of halogens is 1. The monoisotopic (exact) mass is 478 g/mol. The van der Waals surface area contributed by atoms with Crippen molar-refractivity contribution in [3.8, 4) is 0 Å². The van der Waals surface area contributed by atoms with E-state index in [-0.39, 0.29) is 5.41 Å². The largest absolute Gasteiger partial charge is 0.347 e. The Labute approximate surface area is 210 Å². The van der Waals surface area contributed by atoms with Crippen molar-refractivity contribution in [1.29, 1.82) is 0 Å². The molecule has 0 fully saturated rings. The first-order chi connectivity index (χ1) is 16.1. The number of anilines is 1. The maximum absolute atomic E-state index is 6.36. The number of fused-ring (bicyclic) bond motifs is 2. The van der Waals surface area contributed by atoms with E-state index in [1.807, 2.05) is 6.07 Å². The van der Waals surface area contributed by atoms with Crippen LogP contribution in [0.5, 0.6) is 0 Å². The summed E-state index contributed by atoms with van der Waals surface area (Å²) >= 11 is 6.36. The number of benzene rings is 2. The summed E-state index contributed by atoms with van der Waals surface area (Å²) in [6, 6.07) is 14.9. The molecule has 0 saturated carbocycles. The van der Waals surface area contributed by atoms with Gasteiger partial charge < -0.3 is 9.38 Å². The molecule has 3 aromatic rings. The summed E-state index contributed by atoms with van der Waals surface area (Å²) in [7, 11) is 8.91. The Morgan fingerprint density at radius 3 is 2.53 bits per heavy atom. The van der Waals surface area contributed by atoms with E-state index in [2.05, 4.69) is 118 Å². The van der Waals surface area contributed by atoms with Crippen LogP contribution in [-0.4, -0.2) is 43.3 Å². The highest BCUT2D eigenvalue weighted by molar-refractivity contribution is 6.31. The molecular formula is C29H39ClN4+2. The zero-order valence-corrected chi connectivity index (χ0v) is 22.5. The van der Waals surface area contributed by atoms with E-state index in [1.54, 1.807) is 0 Å². The molecule has 0 N–H and O–H groups in total. The van der Waals surface area contributed by atoms with Gasteiger partial charge in [0.1, 0.15) is 0 Å². The minimum absolute atomic E-state index is 0.0260. The third-order valence-corrected chi connectivity index (χ3v) is 7.89. The van der Waals surface area contributed by atoms with Crippen LogP contribution in [0.1, 0.15) is 38.6 Å². The molecule has 4 rings (SSSR count). The third kappa shape index (κ3) is 4.42. The van der Waals surface area contributed by atoms with Gasteiger partial charge in [-0.2, -0.15) is 0 Å². The highest BCUT2D eigenvalue weighted by Gasteiger charge is 2.37. The predicted molar refractivity (Wildman–Crippen MR) is 145 cm³/mol. The molecule has 2 aromatic carbocycles. The number of aryl methyl sites for hydroxylation is 2. The average Bonchev–Trinajstić information content (AvgIpc) is 3.17. The maximum atomic E-state index is 6.36. The first kappa shape index (κ1) is 24.6. The summed E-state index contributed by atoms with van der Waals surface area (Å²) < 4.78 is 5.74. The standard InChI is InChI=1S/C29H39ClN4/c1-8-34(6,7)20-12-19-33-25-18-17-22(30)21-26(25)32(5)28(33)16-11-15-27-29(2,3)23-13-9-10-14-24(23)31(27)4/h9-11,13-18,21H,8,12,19-20H2,1-7H3/q+2. The Balaban J connectivity index is 1.69. The second kappa shape index (κ2) is 9.24. The molecule has 0 saturated heterocycles. The van der Waals surface area contributed by atoms with Crippen LogP contribution in [0.25, 0.3) is 17.1 Å². The Bertz CT molecular complexity index is 1260. The van der Waals surface area contributed by atoms with Gasteiger partial charge in [0, 0.05) is 47.4 Å². The second-order valence-electron chi connectivity index (χ2n) is 10.6. The van der Waals surface area contributed by atoms with Gasteiger partial charge in [0.15, 0.2) is 11.0 Å². The summed E-state index contributed by atoms with van der Waals surface area (Å²) in [6.45, 7) is 10.1. The molecule has 0 aliphatic carbocycles. The van der Waals surface area contributed by atoms with Crippen molar-refractivity contribution in [2.24, 2.45) is 7.05 Å². The number of likely N-dealkylation sites (N-methyl/N-ethyl adjacent to an activating group) is 1. The molecule has 5 heteroatoms.